The second kappa shape index (κ2) is 3.42. The molecule has 0 fully saturated rings. The Balaban J connectivity index is 3.06. The molecule has 1 aliphatic carbocycles. The lowest BCUT2D eigenvalue weighted by Crippen LogP contribution is -2.24. The highest BCUT2D eigenvalue weighted by atomic mass is 14.3. The summed E-state index contributed by atoms with van der Waals surface area (Å²) in [5.74, 6) is 3.44. The lowest BCUT2D eigenvalue weighted by molar-refractivity contribution is 0.330. The first-order valence-corrected chi connectivity index (χ1v) is 4.80. The number of allylic oxidation sites excluding steroid dienone is 3. The molecule has 0 aromatic carbocycles. The first kappa shape index (κ1) is 10.1. The van der Waals surface area contributed by atoms with Crippen molar-refractivity contribution in [1.82, 2.24) is 0 Å². The second-order valence-corrected chi connectivity index (χ2v) is 4.59. The van der Waals surface area contributed by atoms with Crippen LogP contribution >= 0.6 is 0 Å². The Bertz CT molecular complexity index is 284. The highest BCUT2D eigenvalue weighted by Crippen LogP contribution is 2.42. The molecule has 0 heterocycles. The first-order valence-electron chi connectivity index (χ1n) is 4.80. The van der Waals surface area contributed by atoms with Gasteiger partial charge in [-0.05, 0) is 31.1 Å². The van der Waals surface area contributed by atoms with Crippen molar-refractivity contribution >= 4 is 0 Å². The van der Waals surface area contributed by atoms with Crippen LogP contribution in [0.4, 0.5) is 0 Å². The third-order valence-electron chi connectivity index (χ3n) is 2.92. The summed E-state index contributed by atoms with van der Waals surface area (Å²) in [7, 11) is 0. The first-order chi connectivity index (χ1) is 6.01. The zero-order valence-electron chi connectivity index (χ0n) is 8.85. The Kier molecular flexibility index (Phi) is 2.66. The Morgan fingerprint density at radius 1 is 1.62 bits per heavy atom. The van der Waals surface area contributed by atoms with Crippen molar-refractivity contribution in [3.63, 3.8) is 0 Å². The van der Waals surface area contributed by atoms with Crippen molar-refractivity contribution in [2.75, 3.05) is 0 Å². The molecule has 0 N–H and O–H groups in total. The lowest BCUT2D eigenvalue weighted by atomic mass is 9.69. The van der Waals surface area contributed by atoms with Crippen LogP contribution in [0.3, 0.4) is 0 Å². The molecule has 0 amide bonds. The predicted molar refractivity (Wildman–Crippen MR) is 58.2 cm³/mol. The molecule has 1 rings (SSSR count). The zero-order chi connectivity index (χ0) is 10.1. The van der Waals surface area contributed by atoms with Crippen LogP contribution in [0.2, 0.25) is 0 Å². The molecule has 0 heteroatoms. The third kappa shape index (κ3) is 1.86. The van der Waals surface area contributed by atoms with E-state index in [2.05, 4.69) is 39.3 Å². The summed E-state index contributed by atoms with van der Waals surface area (Å²) in [6.07, 6.45) is 9.80. The topological polar surface area (TPSA) is 0 Å². The molecule has 1 atom stereocenters. The molecule has 0 radical (unpaired) electrons. The maximum Gasteiger partial charge on any atom is 0.00636 e. The van der Waals surface area contributed by atoms with Crippen LogP contribution in [-0.2, 0) is 0 Å². The van der Waals surface area contributed by atoms with Gasteiger partial charge in [-0.1, -0.05) is 31.4 Å². The molecule has 0 unspecified atom stereocenters. The molecular formula is C13H18. The van der Waals surface area contributed by atoms with Gasteiger partial charge in [-0.2, -0.15) is 0 Å². The van der Waals surface area contributed by atoms with Crippen LogP contribution in [0.5, 0.6) is 0 Å². The van der Waals surface area contributed by atoms with E-state index < -0.39 is 0 Å². The molecule has 0 aromatic rings. The van der Waals surface area contributed by atoms with Gasteiger partial charge in [-0.3, -0.25) is 0 Å². The average Bonchev–Trinajstić information content (AvgIpc) is 2.02. The molecule has 0 saturated heterocycles. The Morgan fingerprint density at radius 3 is 2.62 bits per heavy atom. The van der Waals surface area contributed by atoms with E-state index in [4.69, 9.17) is 6.42 Å². The molecule has 70 valence electrons. The molecule has 0 nitrogen and oxygen atoms in total. The van der Waals surface area contributed by atoms with Crippen LogP contribution in [0.25, 0.3) is 0 Å². The SMILES string of the molecule is C#CC1=C(C)C[C@H](C=C)CC1(C)C. The van der Waals surface area contributed by atoms with Gasteiger partial charge in [0, 0.05) is 5.57 Å². The van der Waals surface area contributed by atoms with Crippen molar-refractivity contribution in [2.45, 2.75) is 33.6 Å². The standard InChI is InChI=1S/C13H18/c1-6-11-8-10(3)12(7-2)13(4,5)9-11/h2,6,11H,1,8-9H2,3-5H3/t11-/m0/s1. The maximum absolute atomic E-state index is 5.52. The summed E-state index contributed by atoms with van der Waals surface area (Å²) in [4.78, 5) is 0. The number of rotatable bonds is 1. The van der Waals surface area contributed by atoms with E-state index in [-0.39, 0.29) is 5.41 Å². The summed E-state index contributed by atoms with van der Waals surface area (Å²) in [6.45, 7) is 10.5. The van der Waals surface area contributed by atoms with E-state index in [1.807, 2.05) is 0 Å². The number of terminal acetylenes is 1. The molecule has 0 saturated carbocycles. The Hall–Kier alpha value is -0.960. The van der Waals surface area contributed by atoms with E-state index >= 15 is 0 Å². The van der Waals surface area contributed by atoms with Crippen LogP contribution in [0.15, 0.2) is 23.8 Å². The van der Waals surface area contributed by atoms with Gasteiger partial charge < -0.3 is 0 Å². The number of hydrogen-bond acceptors (Lipinski definition) is 0. The smallest absolute Gasteiger partial charge is 0.00636 e. The molecular weight excluding hydrogens is 156 g/mol. The average molecular weight is 174 g/mol. The van der Waals surface area contributed by atoms with E-state index in [1.165, 1.54) is 11.1 Å². The fraction of sp³-hybridized carbons (Fsp3) is 0.538. The zero-order valence-corrected chi connectivity index (χ0v) is 8.85. The van der Waals surface area contributed by atoms with Gasteiger partial charge in [0.15, 0.2) is 0 Å². The minimum Gasteiger partial charge on any atom is -0.115 e. The quantitative estimate of drug-likeness (QED) is 0.421. The highest BCUT2D eigenvalue weighted by molar-refractivity contribution is 5.38. The Morgan fingerprint density at radius 2 is 2.23 bits per heavy atom. The summed E-state index contributed by atoms with van der Waals surface area (Å²) in [5.41, 5.74) is 2.73. The van der Waals surface area contributed by atoms with E-state index in [0.717, 1.165) is 12.8 Å². The second-order valence-electron chi connectivity index (χ2n) is 4.59. The van der Waals surface area contributed by atoms with Crippen molar-refractivity contribution in [3.8, 4) is 12.3 Å². The van der Waals surface area contributed by atoms with Gasteiger partial charge in [0.05, 0.1) is 0 Å². The molecule has 1 aliphatic rings. The monoisotopic (exact) mass is 174 g/mol. The van der Waals surface area contributed by atoms with Crippen molar-refractivity contribution in [1.29, 1.82) is 0 Å². The third-order valence-corrected chi connectivity index (χ3v) is 2.92. The van der Waals surface area contributed by atoms with Crippen LogP contribution in [-0.4, -0.2) is 0 Å². The van der Waals surface area contributed by atoms with Gasteiger partial charge in [0.2, 0.25) is 0 Å². The summed E-state index contributed by atoms with van der Waals surface area (Å²) in [6, 6.07) is 0. The van der Waals surface area contributed by atoms with Gasteiger partial charge >= 0.3 is 0 Å². The molecule has 13 heavy (non-hydrogen) atoms. The van der Waals surface area contributed by atoms with E-state index in [0.29, 0.717) is 5.92 Å². The lowest BCUT2D eigenvalue weighted by Gasteiger charge is -2.35. The fourth-order valence-corrected chi connectivity index (χ4v) is 2.39. The van der Waals surface area contributed by atoms with Crippen LogP contribution in [0, 0.1) is 23.7 Å². The minimum absolute atomic E-state index is 0.163. The van der Waals surface area contributed by atoms with Gasteiger partial charge in [0.1, 0.15) is 0 Å². The van der Waals surface area contributed by atoms with E-state index in [9.17, 15) is 0 Å². The maximum atomic E-state index is 5.52. The summed E-state index contributed by atoms with van der Waals surface area (Å²) in [5, 5.41) is 0. The molecule has 0 aromatic heterocycles. The molecule has 0 aliphatic heterocycles. The fourth-order valence-electron chi connectivity index (χ4n) is 2.39. The van der Waals surface area contributed by atoms with Crippen molar-refractivity contribution in [3.05, 3.63) is 23.8 Å². The normalized spacial score (nSPS) is 26.8. The van der Waals surface area contributed by atoms with E-state index in [1.54, 1.807) is 0 Å². The number of hydrogen-bond donors (Lipinski definition) is 0. The minimum atomic E-state index is 0.163. The van der Waals surface area contributed by atoms with Gasteiger partial charge in [-0.25, -0.2) is 0 Å². The van der Waals surface area contributed by atoms with Crippen LogP contribution < -0.4 is 0 Å². The summed E-state index contributed by atoms with van der Waals surface area (Å²) >= 11 is 0. The van der Waals surface area contributed by atoms with Crippen LogP contribution in [0.1, 0.15) is 33.6 Å². The van der Waals surface area contributed by atoms with Gasteiger partial charge in [-0.15, -0.1) is 13.0 Å². The predicted octanol–water partition coefficient (Wildman–Crippen LogP) is 3.56. The van der Waals surface area contributed by atoms with Crippen molar-refractivity contribution < 1.29 is 0 Å². The summed E-state index contributed by atoms with van der Waals surface area (Å²) < 4.78 is 0. The molecule has 0 spiro atoms. The van der Waals surface area contributed by atoms with Crippen molar-refractivity contribution in [2.24, 2.45) is 11.3 Å². The highest BCUT2D eigenvalue weighted by Gasteiger charge is 2.31. The largest absolute Gasteiger partial charge is 0.115 e. The molecule has 0 bridgehead atoms. The van der Waals surface area contributed by atoms with Gasteiger partial charge in [0.25, 0.3) is 0 Å². The Labute approximate surface area is 81.7 Å².